The second-order valence-corrected chi connectivity index (χ2v) is 2.57. The van der Waals surface area contributed by atoms with E-state index in [1.807, 2.05) is 0 Å². The first-order valence-corrected chi connectivity index (χ1v) is 2.53. The zero-order valence-corrected chi connectivity index (χ0v) is 5.74. The number of hydrogen-bond acceptors (Lipinski definition) is 4. The Labute approximate surface area is 53.6 Å². The van der Waals surface area contributed by atoms with Crippen LogP contribution in [0.4, 0.5) is 0 Å². The first kappa shape index (κ1) is 7.78. The summed E-state index contributed by atoms with van der Waals surface area (Å²) in [6, 6.07) is 0. The van der Waals surface area contributed by atoms with E-state index < -0.39 is 10.8 Å². The van der Waals surface area contributed by atoms with Crippen molar-refractivity contribution in [2.45, 2.75) is 11.8 Å². The van der Waals surface area contributed by atoms with E-state index in [0.717, 1.165) is 0 Å². The molecular weight excluding hydrogens is 126 g/mol. The van der Waals surface area contributed by atoms with Crippen LogP contribution < -0.4 is 5.73 Å². The molecule has 0 spiro atoms. The molecule has 4 heteroatoms. The molecule has 2 N–H and O–H groups in total. The van der Waals surface area contributed by atoms with Gasteiger partial charge in [0, 0.05) is 0 Å². The first-order chi connectivity index (χ1) is 3.48. The van der Waals surface area contributed by atoms with Gasteiger partial charge in [-0.2, -0.15) is 0 Å². The van der Waals surface area contributed by atoms with Gasteiger partial charge in [-0.15, -0.1) is 12.6 Å². The third kappa shape index (κ3) is 2.18. The molecule has 8 heavy (non-hydrogen) atoms. The van der Waals surface area contributed by atoms with Crippen LogP contribution in [0, 0.1) is 0 Å². The minimum absolute atomic E-state index is 0.527. The summed E-state index contributed by atoms with van der Waals surface area (Å²) in [6.45, 7) is 1.46. The van der Waals surface area contributed by atoms with E-state index in [2.05, 4.69) is 17.4 Å². The SMILES string of the molecule is COC(=O)C(C)(N)S. The lowest BCUT2D eigenvalue weighted by Crippen LogP contribution is -2.39. The fourth-order valence-electron chi connectivity index (χ4n) is 0.207. The number of esters is 1. The summed E-state index contributed by atoms with van der Waals surface area (Å²) < 4.78 is 4.27. The van der Waals surface area contributed by atoms with E-state index >= 15 is 0 Å². The van der Waals surface area contributed by atoms with Crippen LogP contribution in [0.5, 0.6) is 0 Å². The Morgan fingerprint density at radius 3 is 2.25 bits per heavy atom. The predicted octanol–water partition coefficient (Wildman–Crippen LogP) is -0.236. The van der Waals surface area contributed by atoms with Crippen molar-refractivity contribution < 1.29 is 9.53 Å². The third-order valence-corrected chi connectivity index (χ3v) is 0.781. The summed E-state index contributed by atoms with van der Waals surface area (Å²) in [5, 5.41) is 0. The van der Waals surface area contributed by atoms with E-state index in [1.54, 1.807) is 0 Å². The zero-order valence-electron chi connectivity index (χ0n) is 4.84. The first-order valence-electron chi connectivity index (χ1n) is 2.08. The molecule has 3 nitrogen and oxygen atoms in total. The second-order valence-electron chi connectivity index (χ2n) is 1.64. The van der Waals surface area contributed by atoms with Crippen LogP contribution in [0.15, 0.2) is 0 Å². The lowest BCUT2D eigenvalue weighted by molar-refractivity contribution is -0.142. The van der Waals surface area contributed by atoms with E-state index in [9.17, 15) is 4.79 Å². The Kier molecular flexibility index (Phi) is 2.30. The fourth-order valence-corrected chi connectivity index (χ4v) is 0.298. The van der Waals surface area contributed by atoms with Gasteiger partial charge in [0.2, 0.25) is 0 Å². The van der Waals surface area contributed by atoms with Crippen molar-refractivity contribution in [3.05, 3.63) is 0 Å². The van der Waals surface area contributed by atoms with Crippen molar-refractivity contribution in [3.63, 3.8) is 0 Å². The monoisotopic (exact) mass is 135 g/mol. The van der Waals surface area contributed by atoms with E-state index in [1.165, 1.54) is 14.0 Å². The molecule has 1 atom stereocenters. The maximum absolute atomic E-state index is 10.4. The van der Waals surface area contributed by atoms with Crippen molar-refractivity contribution in [1.29, 1.82) is 0 Å². The van der Waals surface area contributed by atoms with Crippen LogP contribution in [0.3, 0.4) is 0 Å². The predicted molar refractivity (Wildman–Crippen MR) is 33.6 cm³/mol. The van der Waals surface area contributed by atoms with Crippen LogP contribution in [0.25, 0.3) is 0 Å². The molecule has 0 aromatic heterocycles. The highest BCUT2D eigenvalue weighted by Crippen LogP contribution is 2.04. The molecule has 0 aliphatic rings. The van der Waals surface area contributed by atoms with Crippen molar-refractivity contribution >= 4 is 18.6 Å². The number of thiol groups is 1. The van der Waals surface area contributed by atoms with E-state index in [-0.39, 0.29) is 0 Å². The maximum atomic E-state index is 10.4. The zero-order chi connectivity index (χ0) is 6.78. The summed E-state index contributed by atoms with van der Waals surface area (Å²) in [7, 11) is 1.27. The molecule has 0 rings (SSSR count). The number of carbonyl (C=O) groups is 1. The lowest BCUT2D eigenvalue weighted by atomic mass is 10.4. The van der Waals surface area contributed by atoms with Crippen LogP contribution in [0.2, 0.25) is 0 Å². The Morgan fingerprint density at radius 2 is 2.25 bits per heavy atom. The molecule has 0 amide bonds. The summed E-state index contributed by atoms with van der Waals surface area (Å²) in [6.07, 6.45) is 0. The van der Waals surface area contributed by atoms with Crippen molar-refractivity contribution in [2.24, 2.45) is 5.73 Å². The number of carbonyl (C=O) groups excluding carboxylic acids is 1. The average molecular weight is 135 g/mol. The topological polar surface area (TPSA) is 52.3 Å². The third-order valence-electron chi connectivity index (χ3n) is 0.599. The highest BCUT2D eigenvalue weighted by Gasteiger charge is 2.23. The normalized spacial score (nSPS) is 17.0. The molecule has 0 fully saturated rings. The summed E-state index contributed by atoms with van der Waals surface area (Å²) in [5.74, 6) is -0.527. The smallest absolute Gasteiger partial charge is 0.335 e. The molecule has 0 aromatic rings. The number of nitrogens with two attached hydrogens (primary N) is 1. The van der Waals surface area contributed by atoms with Gasteiger partial charge in [0.1, 0.15) is 0 Å². The minimum atomic E-state index is -1.16. The standard InChI is InChI=1S/C4H9NO2S/c1-4(5,8)3(6)7-2/h8H,5H2,1-2H3. The van der Waals surface area contributed by atoms with Gasteiger partial charge in [-0.1, -0.05) is 0 Å². The molecule has 0 bridgehead atoms. The van der Waals surface area contributed by atoms with Gasteiger partial charge in [-0.05, 0) is 6.92 Å². The van der Waals surface area contributed by atoms with Crippen LogP contribution in [-0.2, 0) is 9.53 Å². The Balaban J connectivity index is 3.82. The second kappa shape index (κ2) is 2.37. The molecule has 1 unspecified atom stereocenters. The lowest BCUT2D eigenvalue weighted by Gasteiger charge is -2.12. The number of hydrogen-bond donors (Lipinski definition) is 2. The molecule has 48 valence electrons. The Bertz CT molecular complexity index is 96.7. The van der Waals surface area contributed by atoms with E-state index in [4.69, 9.17) is 5.73 Å². The van der Waals surface area contributed by atoms with Crippen molar-refractivity contribution in [1.82, 2.24) is 0 Å². The van der Waals surface area contributed by atoms with Gasteiger partial charge < -0.3 is 10.5 Å². The summed E-state index contributed by atoms with van der Waals surface area (Å²) in [5.41, 5.74) is 5.18. The number of rotatable bonds is 1. The molecule has 0 saturated carbocycles. The quantitative estimate of drug-likeness (QED) is 0.296. The Hall–Kier alpha value is -0.220. The van der Waals surface area contributed by atoms with Crippen LogP contribution >= 0.6 is 12.6 Å². The number of ether oxygens (including phenoxy) is 1. The van der Waals surface area contributed by atoms with Gasteiger partial charge in [0.15, 0.2) is 4.87 Å². The molecule has 0 saturated heterocycles. The fraction of sp³-hybridized carbons (Fsp3) is 0.750. The highest BCUT2D eigenvalue weighted by molar-refractivity contribution is 7.82. The van der Waals surface area contributed by atoms with Gasteiger partial charge in [0.05, 0.1) is 7.11 Å². The number of methoxy groups -OCH3 is 1. The van der Waals surface area contributed by atoms with Gasteiger partial charge >= 0.3 is 5.97 Å². The van der Waals surface area contributed by atoms with Gasteiger partial charge in [-0.3, -0.25) is 0 Å². The average Bonchev–Trinajstić information content (AvgIpc) is 1.62. The van der Waals surface area contributed by atoms with Crippen molar-refractivity contribution in [2.75, 3.05) is 7.11 Å². The summed E-state index contributed by atoms with van der Waals surface area (Å²) >= 11 is 3.73. The molecule has 0 radical (unpaired) electrons. The minimum Gasteiger partial charge on any atom is -0.467 e. The molecule has 0 heterocycles. The van der Waals surface area contributed by atoms with E-state index in [0.29, 0.717) is 0 Å². The van der Waals surface area contributed by atoms with Gasteiger partial charge in [0.25, 0.3) is 0 Å². The molecule has 0 aliphatic carbocycles. The van der Waals surface area contributed by atoms with Crippen molar-refractivity contribution in [3.8, 4) is 0 Å². The van der Waals surface area contributed by atoms with Crippen LogP contribution in [-0.4, -0.2) is 18.0 Å². The Morgan fingerprint density at radius 1 is 1.88 bits per heavy atom. The highest BCUT2D eigenvalue weighted by atomic mass is 32.1. The maximum Gasteiger partial charge on any atom is 0.335 e. The molecular formula is C4H9NO2S. The molecule has 0 aliphatic heterocycles. The van der Waals surface area contributed by atoms with Gasteiger partial charge in [-0.25, -0.2) is 4.79 Å². The molecule has 0 aromatic carbocycles. The largest absolute Gasteiger partial charge is 0.467 e. The summed E-state index contributed by atoms with van der Waals surface area (Å²) in [4.78, 5) is 9.25. The van der Waals surface area contributed by atoms with Crippen LogP contribution in [0.1, 0.15) is 6.92 Å².